The van der Waals surface area contributed by atoms with Crippen LogP contribution in [-0.2, 0) is 10.0 Å². The van der Waals surface area contributed by atoms with Gasteiger partial charge in [-0.2, -0.15) is 4.31 Å². The molecule has 18 heavy (non-hydrogen) atoms. The minimum atomic E-state index is -3.55. The van der Waals surface area contributed by atoms with E-state index in [1.165, 1.54) is 16.4 Å². The minimum absolute atomic E-state index is 0.0944. The van der Waals surface area contributed by atoms with Crippen LogP contribution in [0.4, 0.5) is 5.69 Å². The van der Waals surface area contributed by atoms with Crippen LogP contribution < -0.4 is 5.73 Å². The van der Waals surface area contributed by atoms with E-state index in [1.54, 1.807) is 6.07 Å². The fraction of sp³-hybridized carbons (Fsp3) is 0.500. The van der Waals surface area contributed by atoms with Gasteiger partial charge in [0.25, 0.3) is 0 Å². The van der Waals surface area contributed by atoms with E-state index < -0.39 is 10.0 Å². The Morgan fingerprint density at radius 1 is 1.22 bits per heavy atom. The average molecular weight is 291 g/mol. The van der Waals surface area contributed by atoms with Crippen LogP contribution in [0.2, 0.25) is 5.02 Å². The van der Waals surface area contributed by atoms with E-state index in [0.717, 1.165) is 12.8 Å². The van der Waals surface area contributed by atoms with Crippen molar-refractivity contribution in [2.24, 2.45) is 0 Å². The molecule has 0 heterocycles. The van der Waals surface area contributed by atoms with E-state index in [9.17, 15) is 8.42 Å². The minimum Gasteiger partial charge on any atom is -0.398 e. The second-order valence-corrected chi connectivity index (χ2v) is 6.43. The number of halogens is 1. The Bertz CT molecular complexity index is 497. The largest absolute Gasteiger partial charge is 0.398 e. The Morgan fingerprint density at radius 3 is 2.28 bits per heavy atom. The van der Waals surface area contributed by atoms with Gasteiger partial charge in [0.2, 0.25) is 10.0 Å². The highest BCUT2D eigenvalue weighted by molar-refractivity contribution is 7.89. The second-order valence-electron chi connectivity index (χ2n) is 4.09. The third-order valence-corrected chi connectivity index (χ3v) is 4.73. The Balaban J connectivity index is 3.21. The lowest BCUT2D eigenvalue weighted by Crippen LogP contribution is -2.33. The zero-order valence-corrected chi connectivity index (χ0v) is 12.3. The Morgan fingerprint density at radius 2 is 1.78 bits per heavy atom. The number of rotatable bonds is 6. The summed E-state index contributed by atoms with van der Waals surface area (Å²) in [5.74, 6) is 0. The van der Waals surface area contributed by atoms with E-state index in [0.29, 0.717) is 18.1 Å². The predicted octanol–water partition coefficient (Wildman–Crippen LogP) is 2.73. The summed E-state index contributed by atoms with van der Waals surface area (Å²) >= 11 is 5.84. The van der Waals surface area contributed by atoms with Gasteiger partial charge in [0.1, 0.15) is 4.90 Å². The Hall–Kier alpha value is -0.780. The van der Waals surface area contributed by atoms with Crippen molar-refractivity contribution >= 4 is 27.3 Å². The first kappa shape index (κ1) is 15.3. The highest BCUT2D eigenvalue weighted by Crippen LogP contribution is 2.26. The van der Waals surface area contributed by atoms with Gasteiger partial charge in [-0.15, -0.1) is 0 Å². The van der Waals surface area contributed by atoms with Gasteiger partial charge in [-0.3, -0.25) is 0 Å². The molecular weight excluding hydrogens is 272 g/mol. The van der Waals surface area contributed by atoms with Crippen LogP contribution in [0.15, 0.2) is 23.1 Å². The molecule has 0 aliphatic heterocycles. The van der Waals surface area contributed by atoms with E-state index in [4.69, 9.17) is 17.3 Å². The third-order valence-electron chi connectivity index (χ3n) is 2.54. The first-order valence-corrected chi connectivity index (χ1v) is 7.80. The lowest BCUT2D eigenvalue weighted by Gasteiger charge is -2.21. The monoisotopic (exact) mass is 290 g/mol. The maximum Gasteiger partial charge on any atom is 0.245 e. The summed E-state index contributed by atoms with van der Waals surface area (Å²) in [7, 11) is -3.55. The van der Waals surface area contributed by atoms with Crippen LogP contribution in [-0.4, -0.2) is 25.8 Å². The number of nitrogens with zero attached hydrogens (tertiary/aromatic N) is 1. The summed E-state index contributed by atoms with van der Waals surface area (Å²) < 4.78 is 26.4. The normalized spacial score (nSPS) is 12.0. The standard InChI is InChI=1S/C12H19ClN2O2S/c1-3-7-15(8-4-2)18(16,17)12-9-10(13)5-6-11(12)14/h5-6,9H,3-4,7-8,14H2,1-2H3. The zero-order chi connectivity index (χ0) is 13.8. The number of anilines is 1. The van der Waals surface area contributed by atoms with Crippen LogP contribution in [0.3, 0.4) is 0 Å². The van der Waals surface area contributed by atoms with Gasteiger partial charge < -0.3 is 5.73 Å². The molecule has 0 radical (unpaired) electrons. The molecule has 102 valence electrons. The molecule has 1 aromatic carbocycles. The number of hydrogen-bond acceptors (Lipinski definition) is 3. The van der Waals surface area contributed by atoms with Crippen molar-refractivity contribution in [1.29, 1.82) is 0 Å². The Labute approximate surface area is 114 Å². The number of sulfonamides is 1. The van der Waals surface area contributed by atoms with Gasteiger partial charge in [0.15, 0.2) is 0 Å². The SMILES string of the molecule is CCCN(CCC)S(=O)(=O)c1cc(Cl)ccc1N. The lowest BCUT2D eigenvalue weighted by molar-refractivity contribution is 0.410. The molecule has 1 rings (SSSR count). The molecule has 0 aromatic heterocycles. The number of nitrogens with two attached hydrogens (primary N) is 1. The highest BCUT2D eigenvalue weighted by atomic mass is 35.5. The summed E-state index contributed by atoms with van der Waals surface area (Å²) in [6, 6.07) is 4.51. The molecule has 0 saturated heterocycles. The van der Waals surface area contributed by atoms with E-state index in [1.807, 2.05) is 13.8 Å². The van der Waals surface area contributed by atoms with Crippen molar-refractivity contribution in [3.63, 3.8) is 0 Å². The number of nitrogen functional groups attached to an aromatic ring is 1. The summed E-state index contributed by atoms with van der Waals surface area (Å²) in [5.41, 5.74) is 5.97. The van der Waals surface area contributed by atoms with Crippen molar-refractivity contribution in [2.75, 3.05) is 18.8 Å². The molecule has 0 atom stereocenters. The van der Waals surface area contributed by atoms with Gasteiger partial charge in [0.05, 0.1) is 5.69 Å². The maximum absolute atomic E-state index is 12.5. The average Bonchev–Trinajstić information content (AvgIpc) is 2.32. The molecule has 0 aliphatic carbocycles. The summed E-state index contributed by atoms with van der Waals surface area (Å²) in [4.78, 5) is 0.0944. The molecule has 0 saturated carbocycles. The molecule has 0 unspecified atom stereocenters. The first-order chi connectivity index (χ1) is 8.43. The van der Waals surface area contributed by atoms with Gasteiger partial charge in [-0.1, -0.05) is 25.4 Å². The first-order valence-electron chi connectivity index (χ1n) is 5.98. The highest BCUT2D eigenvalue weighted by Gasteiger charge is 2.25. The topological polar surface area (TPSA) is 63.4 Å². The molecule has 4 nitrogen and oxygen atoms in total. The van der Waals surface area contributed by atoms with Crippen LogP contribution in [0.5, 0.6) is 0 Å². The third kappa shape index (κ3) is 3.37. The fourth-order valence-electron chi connectivity index (χ4n) is 1.72. The molecular formula is C12H19ClN2O2S. The van der Waals surface area contributed by atoms with Crippen molar-refractivity contribution in [3.05, 3.63) is 23.2 Å². The predicted molar refractivity (Wildman–Crippen MR) is 75.2 cm³/mol. The maximum atomic E-state index is 12.5. The van der Waals surface area contributed by atoms with Crippen LogP contribution >= 0.6 is 11.6 Å². The number of benzene rings is 1. The lowest BCUT2D eigenvalue weighted by atomic mass is 10.3. The Kier molecular flexibility index (Phi) is 5.44. The summed E-state index contributed by atoms with van der Waals surface area (Å²) in [5, 5.41) is 0.371. The molecule has 0 aliphatic rings. The van der Waals surface area contributed by atoms with Crippen LogP contribution in [0.25, 0.3) is 0 Å². The molecule has 0 amide bonds. The molecule has 0 fully saturated rings. The van der Waals surface area contributed by atoms with Gasteiger partial charge >= 0.3 is 0 Å². The van der Waals surface area contributed by atoms with E-state index >= 15 is 0 Å². The van der Waals surface area contributed by atoms with Crippen molar-refractivity contribution < 1.29 is 8.42 Å². The molecule has 0 bridgehead atoms. The van der Waals surface area contributed by atoms with Crippen molar-refractivity contribution in [2.45, 2.75) is 31.6 Å². The zero-order valence-electron chi connectivity index (χ0n) is 10.7. The number of hydrogen-bond donors (Lipinski definition) is 1. The van der Waals surface area contributed by atoms with Gasteiger partial charge in [0, 0.05) is 18.1 Å². The van der Waals surface area contributed by atoms with Crippen molar-refractivity contribution in [1.82, 2.24) is 4.31 Å². The van der Waals surface area contributed by atoms with Crippen molar-refractivity contribution in [3.8, 4) is 0 Å². The molecule has 6 heteroatoms. The quantitative estimate of drug-likeness (QED) is 0.819. The van der Waals surface area contributed by atoms with Crippen LogP contribution in [0, 0.1) is 0 Å². The molecule has 1 aromatic rings. The van der Waals surface area contributed by atoms with Gasteiger partial charge in [-0.05, 0) is 31.0 Å². The van der Waals surface area contributed by atoms with Crippen LogP contribution in [0.1, 0.15) is 26.7 Å². The molecule has 0 spiro atoms. The fourth-order valence-corrected chi connectivity index (χ4v) is 3.72. The summed E-state index contributed by atoms with van der Waals surface area (Å²) in [6.07, 6.45) is 1.53. The summed E-state index contributed by atoms with van der Waals surface area (Å²) in [6.45, 7) is 4.86. The smallest absolute Gasteiger partial charge is 0.245 e. The second kappa shape index (κ2) is 6.41. The molecule has 2 N–H and O–H groups in total. The van der Waals surface area contributed by atoms with E-state index in [2.05, 4.69) is 0 Å². The van der Waals surface area contributed by atoms with E-state index in [-0.39, 0.29) is 10.6 Å². The van der Waals surface area contributed by atoms with Gasteiger partial charge in [-0.25, -0.2) is 8.42 Å².